The summed E-state index contributed by atoms with van der Waals surface area (Å²) in [7, 11) is -2.09. The Morgan fingerprint density at radius 1 is 1.00 bits per heavy atom. The van der Waals surface area contributed by atoms with E-state index in [0.717, 1.165) is 11.3 Å². The number of rotatable bonds is 11. The normalized spacial score (nSPS) is 11.9. The molecule has 0 aliphatic rings. The summed E-state index contributed by atoms with van der Waals surface area (Å²) in [4.78, 5) is 41.5. The number of benzene rings is 2. The number of aromatic nitrogens is 1. The van der Waals surface area contributed by atoms with E-state index in [4.69, 9.17) is 14.2 Å². The molecule has 0 N–H and O–H groups in total. The summed E-state index contributed by atoms with van der Waals surface area (Å²) >= 11 is 1.13. The van der Waals surface area contributed by atoms with Crippen molar-refractivity contribution in [2.75, 3.05) is 26.1 Å². The van der Waals surface area contributed by atoms with E-state index in [2.05, 4.69) is 4.99 Å². The van der Waals surface area contributed by atoms with Gasteiger partial charge in [0.25, 0.3) is 0 Å². The zero-order valence-corrected chi connectivity index (χ0v) is 22.4. The Kier molecular flexibility index (Phi) is 9.59. The summed E-state index contributed by atoms with van der Waals surface area (Å²) in [6, 6.07) is 10.9. The van der Waals surface area contributed by atoms with E-state index in [1.165, 1.54) is 19.2 Å². The molecule has 0 aliphatic heterocycles. The lowest BCUT2D eigenvalue weighted by Gasteiger charge is -2.06. The molecule has 0 bridgehead atoms. The van der Waals surface area contributed by atoms with Gasteiger partial charge in [0.1, 0.15) is 12.3 Å². The number of hydrogen-bond donors (Lipinski definition) is 0. The van der Waals surface area contributed by atoms with Gasteiger partial charge in [-0.2, -0.15) is 4.99 Å². The van der Waals surface area contributed by atoms with Crippen LogP contribution in [0.4, 0.5) is 0 Å². The standard InChI is InChI=1S/C25H28N2O8S2/c1-4-34-23(29)16-27-20-13-8-17(24(30)35-5-2)15-21(20)36-25(27)26-22(28)7-6-14-37(31,32)19-11-9-18(33-3)10-12-19/h8-13,15H,4-7,14,16H2,1-3H3. The molecule has 0 atom stereocenters. The van der Waals surface area contributed by atoms with Crippen LogP contribution in [0.2, 0.25) is 0 Å². The molecular weight excluding hydrogens is 520 g/mol. The Hall–Kier alpha value is -3.51. The van der Waals surface area contributed by atoms with Crippen molar-refractivity contribution < 1.29 is 37.0 Å². The fraction of sp³-hybridized carbons (Fsp3) is 0.360. The molecule has 0 spiro atoms. The molecule has 0 radical (unpaired) electrons. The van der Waals surface area contributed by atoms with Gasteiger partial charge in [-0.25, -0.2) is 13.2 Å². The zero-order chi connectivity index (χ0) is 27.0. The number of fused-ring (bicyclic) bond motifs is 1. The molecule has 12 heteroatoms. The average Bonchev–Trinajstić information content (AvgIpc) is 3.19. The maximum absolute atomic E-state index is 12.6. The maximum Gasteiger partial charge on any atom is 0.338 e. The van der Waals surface area contributed by atoms with Crippen LogP contribution in [0, 0.1) is 0 Å². The van der Waals surface area contributed by atoms with E-state index in [-0.39, 0.29) is 48.0 Å². The van der Waals surface area contributed by atoms with Gasteiger partial charge in [-0.3, -0.25) is 9.59 Å². The molecule has 0 fully saturated rings. The van der Waals surface area contributed by atoms with Crippen LogP contribution >= 0.6 is 11.3 Å². The molecule has 0 aliphatic carbocycles. The third kappa shape index (κ3) is 7.26. The lowest BCUT2D eigenvalue weighted by atomic mass is 10.2. The summed E-state index contributed by atoms with van der Waals surface area (Å²) < 4.78 is 42.5. The van der Waals surface area contributed by atoms with Crippen molar-refractivity contribution in [3.8, 4) is 5.75 Å². The fourth-order valence-electron chi connectivity index (χ4n) is 3.47. The minimum atomic E-state index is -3.58. The van der Waals surface area contributed by atoms with Gasteiger partial charge in [-0.15, -0.1) is 0 Å². The van der Waals surface area contributed by atoms with Crippen LogP contribution < -0.4 is 9.54 Å². The second kappa shape index (κ2) is 12.6. The lowest BCUT2D eigenvalue weighted by molar-refractivity contribution is -0.143. The van der Waals surface area contributed by atoms with E-state index < -0.39 is 27.7 Å². The van der Waals surface area contributed by atoms with E-state index in [1.54, 1.807) is 48.7 Å². The van der Waals surface area contributed by atoms with Gasteiger partial charge >= 0.3 is 11.9 Å². The summed E-state index contributed by atoms with van der Waals surface area (Å²) in [5.74, 6) is -1.20. The van der Waals surface area contributed by atoms with Crippen LogP contribution in [-0.2, 0) is 35.4 Å². The molecule has 1 aromatic heterocycles. The third-order valence-electron chi connectivity index (χ3n) is 5.23. The summed E-state index contributed by atoms with van der Waals surface area (Å²) in [5, 5.41) is 0. The predicted molar refractivity (Wildman–Crippen MR) is 137 cm³/mol. The number of carbonyl (C=O) groups excluding carboxylic acids is 3. The number of hydrogen-bond acceptors (Lipinski definition) is 9. The van der Waals surface area contributed by atoms with Crippen LogP contribution in [0.5, 0.6) is 5.75 Å². The second-order valence-corrected chi connectivity index (χ2v) is 10.9. The van der Waals surface area contributed by atoms with E-state index in [9.17, 15) is 22.8 Å². The van der Waals surface area contributed by atoms with Crippen molar-refractivity contribution in [3.63, 3.8) is 0 Å². The highest BCUT2D eigenvalue weighted by atomic mass is 32.2. The molecule has 3 aromatic rings. The first kappa shape index (κ1) is 28.1. The second-order valence-electron chi connectivity index (χ2n) is 7.78. The highest BCUT2D eigenvalue weighted by Crippen LogP contribution is 2.21. The largest absolute Gasteiger partial charge is 0.497 e. The molecule has 37 heavy (non-hydrogen) atoms. The summed E-state index contributed by atoms with van der Waals surface area (Å²) in [5.41, 5.74) is 0.931. The van der Waals surface area contributed by atoms with Crippen molar-refractivity contribution in [1.82, 2.24) is 4.57 Å². The van der Waals surface area contributed by atoms with Crippen LogP contribution in [0.15, 0.2) is 52.4 Å². The number of sulfone groups is 1. The molecule has 0 saturated carbocycles. The predicted octanol–water partition coefficient (Wildman–Crippen LogP) is 3.13. The molecule has 0 saturated heterocycles. The topological polar surface area (TPSA) is 130 Å². The van der Waals surface area contributed by atoms with Crippen LogP contribution in [0.25, 0.3) is 10.2 Å². The Balaban J connectivity index is 1.82. The molecule has 2 aromatic carbocycles. The smallest absolute Gasteiger partial charge is 0.338 e. The average molecular weight is 549 g/mol. The number of ether oxygens (including phenoxy) is 3. The van der Waals surface area contributed by atoms with Gasteiger partial charge in [0.05, 0.1) is 46.8 Å². The number of esters is 2. The molecule has 10 nitrogen and oxygen atoms in total. The Morgan fingerprint density at radius 2 is 1.70 bits per heavy atom. The third-order valence-corrected chi connectivity index (χ3v) is 8.09. The van der Waals surface area contributed by atoms with Crippen LogP contribution in [-0.4, -0.2) is 56.9 Å². The first-order valence-electron chi connectivity index (χ1n) is 11.6. The van der Waals surface area contributed by atoms with Crippen LogP contribution in [0.3, 0.4) is 0 Å². The zero-order valence-electron chi connectivity index (χ0n) is 20.8. The van der Waals surface area contributed by atoms with Crippen molar-refractivity contribution in [1.29, 1.82) is 0 Å². The van der Waals surface area contributed by atoms with Gasteiger partial charge in [0.2, 0.25) is 5.91 Å². The van der Waals surface area contributed by atoms with Gasteiger partial charge in [-0.05, 0) is 62.7 Å². The highest BCUT2D eigenvalue weighted by molar-refractivity contribution is 7.91. The minimum Gasteiger partial charge on any atom is -0.497 e. The first-order valence-corrected chi connectivity index (χ1v) is 14.1. The van der Waals surface area contributed by atoms with E-state index in [0.29, 0.717) is 21.5 Å². The van der Waals surface area contributed by atoms with E-state index in [1.807, 2.05) is 0 Å². The van der Waals surface area contributed by atoms with Crippen molar-refractivity contribution in [2.24, 2.45) is 4.99 Å². The van der Waals surface area contributed by atoms with Gasteiger partial charge < -0.3 is 18.8 Å². The van der Waals surface area contributed by atoms with E-state index >= 15 is 0 Å². The van der Waals surface area contributed by atoms with Crippen molar-refractivity contribution in [3.05, 3.63) is 52.8 Å². The number of nitrogens with zero attached hydrogens (tertiary/aromatic N) is 2. The highest BCUT2D eigenvalue weighted by Gasteiger charge is 2.17. The number of amides is 1. The van der Waals surface area contributed by atoms with Gasteiger partial charge in [0.15, 0.2) is 14.6 Å². The Morgan fingerprint density at radius 3 is 2.35 bits per heavy atom. The quantitative estimate of drug-likeness (QED) is 0.334. The van der Waals surface area contributed by atoms with Gasteiger partial charge in [0, 0.05) is 6.42 Å². The summed E-state index contributed by atoms with van der Waals surface area (Å²) in [6.07, 6.45) is -0.0242. The van der Waals surface area contributed by atoms with Crippen molar-refractivity contribution in [2.45, 2.75) is 38.1 Å². The molecule has 0 unspecified atom stereocenters. The first-order chi connectivity index (χ1) is 17.7. The number of methoxy groups -OCH3 is 1. The molecule has 3 rings (SSSR count). The fourth-order valence-corrected chi connectivity index (χ4v) is 5.86. The Bertz CT molecular complexity index is 1450. The molecule has 1 amide bonds. The number of carbonyl (C=O) groups is 3. The summed E-state index contributed by atoms with van der Waals surface area (Å²) in [6.45, 7) is 3.65. The van der Waals surface area contributed by atoms with Crippen molar-refractivity contribution >= 4 is 49.2 Å². The maximum atomic E-state index is 12.6. The SMILES string of the molecule is CCOC(=O)Cn1c(=NC(=O)CCCS(=O)(=O)c2ccc(OC)cc2)sc2cc(C(=O)OCC)ccc21. The number of thiazole rings is 1. The molecular formula is C25H28N2O8S2. The van der Waals surface area contributed by atoms with Crippen LogP contribution in [0.1, 0.15) is 37.0 Å². The molecule has 1 heterocycles. The minimum absolute atomic E-state index is 0.0759. The molecule has 198 valence electrons. The lowest BCUT2D eigenvalue weighted by Crippen LogP contribution is -2.23. The van der Waals surface area contributed by atoms with Gasteiger partial charge in [-0.1, -0.05) is 11.3 Å². The Labute approximate surface area is 218 Å². The monoisotopic (exact) mass is 548 g/mol.